The van der Waals surface area contributed by atoms with Crippen molar-refractivity contribution in [2.75, 3.05) is 0 Å². The van der Waals surface area contributed by atoms with Crippen LogP contribution in [0.5, 0.6) is 0 Å². The highest BCUT2D eigenvalue weighted by atomic mass is 127. The van der Waals surface area contributed by atoms with Crippen LogP contribution in [-0.2, 0) is 0 Å². The van der Waals surface area contributed by atoms with Crippen molar-refractivity contribution in [3.8, 4) is 0 Å². The van der Waals surface area contributed by atoms with Gasteiger partial charge in [-0.25, -0.2) is 0 Å². The van der Waals surface area contributed by atoms with Gasteiger partial charge in [0, 0.05) is 5.92 Å². The van der Waals surface area contributed by atoms with Gasteiger partial charge in [0.05, 0.1) is 0 Å². The third kappa shape index (κ3) is 0.651. The monoisotopic (exact) mass is 180 g/mol. The molecular formula is C4H5I. The highest BCUT2D eigenvalue weighted by Crippen LogP contribution is 2.33. The lowest BCUT2D eigenvalue weighted by atomic mass is 10.5. The van der Waals surface area contributed by atoms with Crippen molar-refractivity contribution in [1.82, 2.24) is 0 Å². The van der Waals surface area contributed by atoms with Crippen LogP contribution in [0.15, 0.2) is 9.66 Å². The first-order valence-electron chi connectivity index (χ1n) is 1.68. The van der Waals surface area contributed by atoms with Crippen molar-refractivity contribution < 1.29 is 0 Å². The fourth-order valence-electron chi connectivity index (χ4n) is 0.191. The summed E-state index contributed by atoms with van der Waals surface area (Å²) in [6.45, 7) is 2.20. The average molecular weight is 180 g/mol. The molecule has 1 rings (SSSR count). The predicted octanol–water partition coefficient (Wildman–Crippen LogP) is 1.96. The van der Waals surface area contributed by atoms with Crippen molar-refractivity contribution >= 4 is 22.6 Å². The summed E-state index contributed by atoms with van der Waals surface area (Å²) in [5.74, 6) is 0.829. The predicted molar refractivity (Wildman–Crippen MR) is 31.3 cm³/mol. The molecule has 0 saturated carbocycles. The molecule has 28 valence electrons. The molecule has 5 heavy (non-hydrogen) atoms. The van der Waals surface area contributed by atoms with Gasteiger partial charge >= 0.3 is 0 Å². The minimum absolute atomic E-state index is 0.829. The van der Waals surface area contributed by atoms with Gasteiger partial charge in [0.15, 0.2) is 0 Å². The second-order valence-electron chi connectivity index (χ2n) is 1.34. The van der Waals surface area contributed by atoms with Gasteiger partial charge in [-0.1, -0.05) is 13.0 Å². The largest absolute Gasteiger partial charge is 0.0669 e. The Morgan fingerprint density at radius 1 is 2.00 bits per heavy atom. The maximum absolute atomic E-state index is 2.34. The van der Waals surface area contributed by atoms with Gasteiger partial charge in [0.25, 0.3) is 0 Å². The van der Waals surface area contributed by atoms with E-state index in [1.807, 2.05) is 0 Å². The molecule has 1 atom stereocenters. The van der Waals surface area contributed by atoms with E-state index in [4.69, 9.17) is 0 Å². The summed E-state index contributed by atoms with van der Waals surface area (Å²) in [4.78, 5) is 0. The fourth-order valence-corrected chi connectivity index (χ4v) is 0.730. The zero-order valence-electron chi connectivity index (χ0n) is 3.03. The van der Waals surface area contributed by atoms with Crippen LogP contribution in [0.1, 0.15) is 6.92 Å². The molecule has 1 aliphatic rings. The first-order chi connectivity index (χ1) is 2.30. The number of hydrogen-bond acceptors (Lipinski definition) is 0. The number of allylic oxidation sites excluding steroid dienone is 2. The molecule has 0 heterocycles. The van der Waals surface area contributed by atoms with Gasteiger partial charge in [-0.3, -0.25) is 0 Å². The van der Waals surface area contributed by atoms with Crippen molar-refractivity contribution in [3.63, 3.8) is 0 Å². The third-order valence-corrected chi connectivity index (χ3v) is 2.08. The van der Waals surface area contributed by atoms with E-state index >= 15 is 0 Å². The SMILES string of the molecule is C[C@@H]1C=C1I. The van der Waals surface area contributed by atoms with Gasteiger partial charge in [0.1, 0.15) is 0 Å². The maximum Gasteiger partial charge on any atom is 0.00552 e. The van der Waals surface area contributed by atoms with Crippen LogP contribution in [0, 0.1) is 5.92 Å². The highest BCUT2D eigenvalue weighted by Gasteiger charge is 2.13. The second-order valence-corrected chi connectivity index (χ2v) is 2.59. The molecule has 0 aromatic rings. The Kier molecular flexibility index (Phi) is 0.705. The summed E-state index contributed by atoms with van der Waals surface area (Å²) in [6.07, 6.45) is 2.24. The quantitative estimate of drug-likeness (QED) is 0.499. The Morgan fingerprint density at radius 3 is 2.20 bits per heavy atom. The van der Waals surface area contributed by atoms with E-state index in [-0.39, 0.29) is 0 Å². The van der Waals surface area contributed by atoms with Crippen molar-refractivity contribution in [2.24, 2.45) is 5.92 Å². The van der Waals surface area contributed by atoms with E-state index < -0.39 is 0 Å². The molecule has 0 fully saturated rings. The zero-order valence-corrected chi connectivity index (χ0v) is 5.19. The van der Waals surface area contributed by atoms with E-state index in [9.17, 15) is 0 Å². The van der Waals surface area contributed by atoms with Gasteiger partial charge in [-0.2, -0.15) is 0 Å². The summed E-state index contributed by atoms with van der Waals surface area (Å²) < 4.78 is 1.52. The second kappa shape index (κ2) is 0.965. The highest BCUT2D eigenvalue weighted by molar-refractivity contribution is 14.1. The van der Waals surface area contributed by atoms with Crippen LogP contribution >= 0.6 is 22.6 Å². The molecule has 0 aliphatic heterocycles. The Bertz CT molecular complexity index is 73.7. The molecule has 0 nitrogen and oxygen atoms in total. The zero-order chi connectivity index (χ0) is 3.86. The van der Waals surface area contributed by atoms with E-state index in [0.717, 1.165) is 5.92 Å². The molecule has 0 unspecified atom stereocenters. The molecule has 0 radical (unpaired) electrons. The first kappa shape index (κ1) is 3.65. The van der Waals surface area contributed by atoms with Crippen molar-refractivity contribution in [3.05, 3.63) is 9.66 Å². The Balaban J connectivity index is 2.38. The van der Waals surface area contributed by atoms with Crippen LogP contribution in [0.3, 0.4) is 0 Å². The Morgan fingerprint density at radius 2 is 2.20 bits per heavy atom. The Hall–Kier alpha value is 0.470. The standard InChI is InChI=1S/C4H5I/c1-3-2-4(3)5/h2-3H,1H3/t3-/m1/s1. The minimum Gasteiger partial charge on any atom is -0.0669 e. The summed E-state index contributed by atoms with van der Waals surface area (Å²) >= 11 is 2.34. The van der Waals surface area contributed by atoms with Crippen molar-refractivity contribution in [2.45, 2.75) is 6.92 Å². The van der Waals surface area contributed by atoms with Crippen LogP contribution < -0.4 is 0 Å². The first-order valence-corrected chi connectivity index (χ1v) is 2.76. The third-order valence-electron chi connectivity index (χ3n) is 0.735. The molecule has 0 amide bonds. The molecule has 0 spiro atoms. The van der Waals surface area contributed by atoms with Gasteiger partial charge in [-0.05, 0) is 26.2 Å². The van der Waals surface area contributed by atoms with E-state index in [0.29, 0.717) is 0 Å². The van der Waals surface area contributed by atoms with Gasteiger partial charge in [0.2, 0.25) is 0 Å². The fraction of sp³-hybridized carbons (Fsp3) is 0.500. The summed E-state index contributed by atoms with van der Waals surface area (Å²) in [7, 11) is 0. The Labute approximate surface area is 45.4 Å². The summed E-state index contributed by atoms with van der Waals surface area (Å²) in [5.41, 5.74) is 0. The van der Waals surface area contributed by atoms with Crippen LogP contribution in [-0.4, -0.2) is 0 Å². The lowest BCUT2D eigenvalue weighted by Crippen LogP contribution is -1.53. The molecular weight excluding hydrogens is 175 g/mol. The smallest absolute Gasteiger partial charge is 0.00552 e. The molecule has 0 saturated heterocycles. The molecule has 0 aromatic carbocycles. The maximum atomic E-state index is 2.34. The minimum atomic E-state index is 0.829. The van der Waals surface area contributed by atoms with Crippen LogP contribution in [0.2, 0.25) is 0 Å². The normalized spacial score (nSPS) is 33.2. The number of rotatable bonds is 0. The molecule has 0 N–H and O–H groups in total. The van der Waals surface area contributed by atoms with Gasteiger partial charge in [-0.15, -0.1) is 0 Å². The van der Waals surface area contributed by atoms with Gasteiger partial charge < -0.3 is 0 Å². The molecule has 0 aromatic heterocycles. The van der Waals surface area contributed by atoms with Crippen LogP contribution in [0.25, 0.3) is 0 Å². The van der Waals surface area contributed by atoms with Crippen LogP contribution in [0.4, 0.5) is 0 Å². The lowest BCUT2D eigenvalue weighted by molar-refractivity contribution is 1.08. The number of halogens is 1. The van der Waals surface area contributed by atoms with Crippen molar-refractivity contribution in [1.29, 1.82) is 0 Å². The molecule has 1 heteroatoms. The summed E-state index contributed by atoms with van der Waals surface area (Å²) in [5, 5.41) is 0. The average Bonchev–Trinajstić information content (AvgIpc) is 1.79. The number of hydrogen-bond donors (Lipinski definition) is 0. The van der Waals surface area contributed by atoms with E-state index in [1.165, 1.54) is 3.58 Å². The lowest BCUT2D eigenvalue weighted by Gasteiger charge is -1.67. The summed E-state index contributed by atoms with van der Waals surface area (Å²) in [6, 6.07) is 0. The van der Waals surface area contributed by atoms with E-state index in [1.54, 1.807) is 0 Å². The molecule has 0 bridgehead atoms. The molecule has 1 aliphatic carbocycles. The topological polar surface area (TPSA) is 0 Å². The van der Waals surface area contributed by atoms with E-state index in [2.05, 4.69) is 35.6 Å².